The maximum atomic E-state index is 13.2. The highest BCUT2D eigenvalue weighted by atomic mass is 17.1. The van der Waals surface area contributed by atoms with E-state index in [1.807, 2.05) is 30.3 Å². The van der Waals surface area contributed by atoms with Crippen LogP contribution in [0, 0.1) is 0 Å². The molecule has 1 aliphatic carbocycles. The number of ketones is 1. The summed E-state index contributed by atoms with van der Waals surface area (Å²) in [6, 6.07) is 13.0. The molecule has 2 aromatic carbocycles. The normalized spacial score (nSPS) is 18.0. The van der Waals surface area contributed by atoms with Crippen LogP contribution in [0.1, 0.15) is 85.0 Å². The van der Waals surface area contributed by atoms with Crippen LogP contribution in [0.25, 0.3) is 0 Å². The fraction of sp³-hybridized carbons (Fsp3) is 0.458. The number of fused-ring (bicyclic) bond motifs is 2. The first-order valence-electron chi connectivity index (χ1n) is 10.4. The third-order valence-corrected chi connectivity index (χ3v) is 5.46. The van der Waals surface area contributed by atoms with Crippen LogP contribution in [0.5, 0.6) is 0 Å². The van der Waals surface area contributed by atoms with Gasteiger partial charge in [0, 0.05) is 22.3 Å². The van der Waals surface area contributed by atoms with Gasteiger partial charge in [0.1, 0.15) is 0 Å². The smallest absolute Gasteiger partial charge is 0.255 e. The molecule has 1 unspecified atom stereocenters. The lowest BCUT2D eigenvalue weighted by molar-refractivity contribution is -0.396. The fourth-order valence-electron chi connectivity index (χ4n) is 3.91. The van der Waals surface area contributed by atoms with Gasteiger partial charge in [0.15, 0.2) is 5.78 Å². The summed E-state index contributed by atoms with van der Waals surface area (Å²) in [5.41, 5.74) is 3.33. The van der Waals surface area contributed by atoms with Gasteiger partial charge in [0.2, 0.25) is 0 Å². The largest absolute Gasteiger partial charge is 0.340 e. The van der Waals surface area contributed by atoms with Gasteiger partial charge in [-0.15, -0.1) is 0 Å². The Bertz CT molecular complexity index is 814. The van der Waals surface area contributed by atoms with Crippen molar-refractivity contribution in [3.05, 3.63) is 70.3 Å². The number of hydrogen-bond donors (Lipinski definition) is 1. The summed E-state index contributed by atoms with van der Waals surface area (Å²) in [4.78, 5) is 18.2. The number of hydrogen-bond acceptors (Lipinski definition) is 4. The first-order valence-corrected chi connectivity index (χ1v) is 10.4. The summed E-state index contributed by atoms with van der Waals surface area (Å²) < 4.78 is 6.14. The molecule has 0 aromatic heterocycles. The Labute approximate surface area is 167 Å². The molecule has 1 aliphatic rings. The molecule has 0 fully saturated rings. The van der Waals surface area contributed by atoms with E-state index in [0.29, 0.717) is 28.9 Å². The van der Waals surface area contributed by atoms with Gasteiger partial charge in [0.05, 0.1) is 6.61 Å². The second kappa shape index (κ2) is 9.46. The van der Waals surface area contributed by atoms with Gasteiger partial charge in [0.25, 0.3) is 5.79 Å². The van der Waals surface area contributed by atoms with Crippen LogP contribution in [-0.4, -0.2) is 17.6 Å². The molecule has 0 radical (unpaired) electrons. The summed E-state index contributed by atoms with van der Waals surface area (Å²) >= 11 is 0. The van der Waals surface area contributed by atoms with E-state index in [9.17, 15) is 10.1 Å². The van der Waals surface area contributed by atoms with Gasteiger partial charge in [-0.05, 0) is 30.9 Å². The Kier molecular flexibility index (Phi) is 7.00. The van der Waals surface area contributed by atoms with Crippen molar-refractivity contribution in [2.45, 2.75) is 64.6 Å². The zero-order chi connectivity index (χ0) is 20.0. The summed E-state index contributed by atoms with van der Waals surface area (Å²) in [5, 5.41) is 9.98. The molecule has 28 heavy (non-hydrogen) atoms. The first kappa shape index (κ1) is 20.7. The summed E-state index contributed by atoms with van der Waals surface area (Å²) in [7, 11) is 0. The molecule has 0 aliphatic heterocycles. The van der Waals surface area contributed by atoms with Crippen LogP contribution >= 0.6 is 0 Å². The zero-order valence-electron chi connectivity index (χ0n) is 16.9. The van der Waals surface area contributed by atoms with E-state index >= 15 is 0 Å². The summed E-state index contributed by atoms with van der Waals surface area (Å²) in [6.45, 7) is 4.74. The van der Waals surface area contributed by atoms with Crippen molar-refractivity contribution in [2.24, 2.45) is 0 Å². The molecule has 0 heterocycles. The molecular formula is C24H30O4. The number of carbonyl (C=O) groups excluding carboxylic acids is 1. The van der Waals surface area contributed by atoms with E-state index in [1.54, 1.807) is 12.1 Å². The van der Waals surface area contributed by atoms with Gasteiger partial charge in [-0.1, -0.05) is 75.9 Å². The Morgan fingerprint density at radius 1 is 0.893 bits per heavy atom. The minimum Gasteiger partial charge on any atom is -0.340 e. The molecule has 0 spiro atoms. The Morgan fingerprint density at radius 3 is 2.36 bits per heavy atom. The molecule has 150 valence electrons. The van der Waals surface area contributed by atoms with Gasteiger partial charge < -0.3 is 4.74 Å². The summed E-state index contributed by atoms with van der Waals surface area (Å²) in [5.74, 6) is -1.51. The average molecular weight is 383 g/mol. The molecular weight excluding hydrogens is 352 g/mol. The zero-order valence-corrected chi connectivity index (χ0v) is 16.9. The Morgan fingerprint density at radius 2 is 1.61 bits per heavy atom. The van der Waals surface area contributed by atoms with Crippen molar-refractivity contribution in [1.82, 2.24) is 0 Å². The van der Waals surface area contributed by atoms with Crippen LogP contribution in [0.2, 0.25) is 0 Å². The molecule has 0 amide bonds. The van der Waals surface area contributed by atoms with E-state index in [2.05, 4.69) is 13.8 Å². The molecule has 4 heteroatoms. The number of carbonyl (C=O) groups is 1. The number of benzene rings is 2. The second-order valence-corrected chi connectivity index (χ2v) is 7.48. The van der Waals surface area contributed by atoms with Crippen molar-refractivity contribution in [3.63, 3.8) is 0 Å². The highest BCUT2D eigenvalue weighted by Gasteiger charge is 2.46. The lowest BCUT2D eigenvalue weighted by Crippen LogP contribution is -2.40. The predicted molar refractivity (Wildman–Crippen MR) is 110 cm³/mol. The Hall–Kier alpha value is -2.01. The lowest BCUT2D eigenvalue weighted by atomic mass is 9.79. The van der Waals surface area contributed by atoms with Crippen LogP contribution in [0.4, 0.5) is 0 Å². The van der Waals surface area contributed by atoms with Crippen LogP contribution in [-0.2, 0) is 21.8 Å². The minimum absolute atomic E-state index is 0.0484. The van der Waals surface area contributed by atoms with Crippen LogP contribution < -0.4 is 0 Å². The first-order chi connectivity index (χ1) is 13.7. The van der Waals surface area contributed by atoms with E-state index in [4.69, 9.17) is 9.62 Å². The third-order valence-electron chi connectivity index (χ3n) is 5.46. The average Bonchev–Trinajstić information content (AvgIpc) is 2.74. The van der Waals surface area contributed by atoms with Crippen LogP contribution in [0.3, 0.4) is 0 Å². The second-order valence-electron chi connectivity index (χ2n) is 7.48. The standard InChI is InChI=1S/C24H30O4/c1-3-5-7-11-18-14-15-22-20(17-18)23(25)19-12-8-9-13-21(19)24(22,28-26)27-16-10-6-4-2/h8-9,12-15,17,26H,3-7,10-11,16H2,1-2H3. The van der Waals surface area contributed by atoms with E-state index in [-0.39, 0.29) is 5.78 Å². The number of rotatable bonds is 10. The molecule has 2 aromatic rings. The van der Waals surface area contributed by atoms with Crippen molar-refractivity contribution in [3.8, 4) is 0 Å². The monoisotopic (exact) mass is 382 g/mol. The number of aryl methyl sites for hydroxylation is 1. The maximum Gasteiger partial charge on any atom is 0.255 e. The maximum absolute atomic E-state index is 13.2. The molecule has 0 saturated carbocycles. The minimum atomic E-state index is -1.46. The van der Waals surface area contributed by atoms with E-state index in [1.165, 1.54) is 0 Å². The topological polar surface area (TPSA) is 55.8 Å². The van der Waals surface area contributed by atoms with Crippen molar-refractivity contribution < 1.29 is 19.7 Å². The van der Waals surface area contributed by atoms with Crippen molar-refractivity contribution in [1.29, 1.82) is 0 Å². The number of ether oxygens (including phenoxy) is 1. The number of unbranched alkanes of at least 4 members (excludes halogenated alkanes) is 4. The van der Waals surface area contributed by atoms with Gasteiger partial charge in [-0.3, -0.25) is 4.79 Å². The SMILES string of the molecule is CCCCCOC1(OO)c2ccccc2C(=O)c2cc(CCCCC)ccc21. The van der Waals surface area contributed by atoms with Crippen LogP contribution in [0.15, 0.2) is 42.5 Å². The molecule has 0 bridgehead atoms. The van der Waals surface area contributed by atoms with Gasteiger partial charge >= 0.3 is 0 Å². The molecule has 4 nitrogen and oxygen atoms in total. The molecule has 1 N–H and O–H groups in total. The molecule has 0 saturated heterocycles. The Balaban J connectivity index is 2.03. The third kappa shape index (κ3) is 3.90. The quantitative estimate of drug-likeness (QED) is 0.242. The molecule has 1 atom stereocenters. The van der Waals surface area contributed by atoms with Gasteiger partial charge in [-0.2, -0.15) is 4.89 Å². The highest BCUT2D eigenvalue weighted by Crippen LogP contribution is 2.43. The highest BCUT2D eigenvalue weighted by molar-refractivity contribution is 6.13. The summed E-state index contributed by atoms with van der Waals surface area (Å²) in [6.07, 6.45) is 7.31. The van der Waals surface area contributed by atoms with E-state index in [0.717, 1.165) is 50.5 Å². The lowest BCUT2D eigenvalue weighted by Gasteiger charge is -2.37. The predicted octanol–water partition coefficient (Wildman–Crippen LogP) is 5.86. The molecule has 3 rings (SSSR count). The van der Waals surface area contributed by atoms with Crippen molar-refractivity contribution in [2.75, 3.05) is 6.61 Å². The van der Waals surface area contributed by atoms with Crippen molar-refractivity contribution >= 4 is 5.78 Å². The van der Waals surface area contributed by atoms with E-state index < -0.39 is 5.79 Å². The van der Waals surface area contributed by atoms with Gasteiger partial charge in [-0.25, -0.2) is 5.26 Å². The fourth-order valence-corrected chi connectivity index (χ4v) is 3.91.